The summed E-state index contributed by atoms with van der Waals surface area (Å²) >= 11 is 0. The van der Waals surface area contributed by atoms with Gasteiger partial charge < -0.3 is 14.7 Å². The highest BCUT2D eigenvalue weighted by molar-refractivity contribution is 5.85. The number of ether oxygens (including phenoxy) is 1. The zero-order valence-corrected chi connectivity index (χ0v) is 9.22. The Balaban J connectivity index is 1.99. The molecule has 1 N–H and O–H groups in total. The summed E-state index contributed by atoms with van der Waals surface area (Å²) in [7, 11) is 0. The highest BCUT2D eigenvalue weighted by atomic mass is 16.5. The lowest BCUT2D eigenvalue weighted by Crippen LogP contribution is -2.44. The molecule has 2 fully saturated rings. The van der Waals surface area contributed by atoms with Gasteiger partial charge in [-0.15, -0.1) is 0 Å². The second kappa shape index (κ2) is 4.82. The fraction of sp³-hybridized carbons (Fsp3) is 0.818. The molecule has 2 saturated heterocycles. The van der Waals surface area contributed by atoms with Crippen LogP contribution in [0, 0.1) is 5.92 Å². The van der Waals surface area contributed by atoms with Crippen LogP contribution in [-0.4, -0.2) is 47.7 Å². The number of carboxylic acid groups (broad SMARTS) is 1. The number of rotatable bonds is 2. The molecule has 0 spiro atoms. The van der Waals surface area contributed by atoms with Crippen LogP contribution in [-0.2, 0) is 14.3 Å². The molecular weight excluding hydrogens is 210 g/mol. The summed E-state index contributed by atoms with van der Waals surface area (Å²) in [6.07, 6.45) is 2.83. The van der Waals surface area contributed by atoms with Crippen molar-refractivity contribution in [2.75, 3.05) is 19.8 Å². The predicted molar refractivity (Wildman–Crippen MR) is 55.9 cm³/mol. The summed E-state index contributed by atoms with van der Waals surface area (Å²) in [6.45, 7) is 1.82. The molecule has 0 aromatic rings. The molecule has 0 aromatic heterocycles. The minimum Gasteiger partial charge on any atom is -0.480 e. The summed E-state index contributed by atoms with van der Waals surface area (Å²) in [5.41, 5.74) is 0. The Kier molecular flexibility index (Phi) is 3.43. The first-order chi connectivity index (χ1) is 7.70. The van der Waals surface area contributed by atoms with Gasteiger partial charge in [-0.3, -0.25) is 4.79 Å². The molecule has 16 heavy (non-hydrogen) atoms. The number of amides is 1. The molecule has 2 aliphatic rings. The first kappa shape index (κ1) is 11.4. The molecule has 2 rings (SSSR count). The minimum atomic E-state index is -0.877. The van der Waals surface area contributed by atoms with Gasteiger partial charge in [0.05, 0.1) is 0 Å². The molecule has 1 amide bonds. The molecule has 0 saturated carbocycles. The Morgan fingerprint density at radius 2 is 1.88 bits per heavy atom. The van der Waals surface area contributed by atoms with Crippen molar-refractivity contribution in [2.24, 2.45) is 5.92 Å². The number of nitrogens with zero attached hydrogens (tertiary/aromatic N) is 1. The largest absolute Gasteiger partial charge is 0.480 e. The Bertz CT molecular complexity index is 286. The second-order valence-electron chi connectivity index (χ2n) is 4.41. The van der Waals surface area contributed by atoms with Gasteiger partial charge in [-0.05, 0) is 25.7 Å². The molecule has 1 unspecified atom stereocenters. The molecular formula is C11H17NO4. The van der Waals surface area contributed by atoms with Crippen molar-refractivity contribution < 1.29 is 19.4 Å². The quantitative estimate of drug-likeness (QED) is 0.745. The summed E-state index contributed by atoms with van der Waals surface area (Å²) in [4.78, 5) is 24.6. The van der Waals surface area contributed by atoms with Gasteiger partial charge in [-0.1, -0.05) is 0 Å². The van der Waals surface area contributed by atoms with E-state index in [4.69, 9.17) is 9.84 Å². The normalized spacial score (nSPS) is 27.0. The van der Waals surface area contributed by atoms with Gasteiger partial charge in [0.15, 0.2) is 0 Å². The molecule has 5 heteroatoms. The van der Waals surface area contributed by atoms with E-state index >= 15 is 0 Å². The van der Waals surface area contributed by atoms with Gasteiger partial charge in [0, 0.05) is 25.7 Å². The van der Waals surface area contributed by atoms with Gasteiger partial charge >= 0.3 is 5.97 Å². The number of likely N-dealkylation sites (tertiary alicyclic amines) is 1. The van der Waals surface area contributed by atoms with Gasteiger partial charge in [-0.25, -0.2) is 4.79 Å². The molecule has 0 aromatic carbocycles. The van der Waals surface area contributed by atoms with Crippen molar-refractivity contribution in [3.05, 3.63) is 0 Å². The Morgan fingerprint density at radius 3 is 2.50 bits per heavy atom. The maximum atomic E-state index is 12.1. The monoisotopic (exact) mass is 227 g/mol. The van der Waals surface area contributed by atoms with Crippen molar-refractivity contribution in [2.45, 2.75) is 31.7 Å². The fourth-order valence-corrected chi connectivity index (χ4v) is 2.47. The first-order valence-corrected chi connectivity index (χ1v) is 5.81. The Hall–Kier alpha value is -1.10. The van der Waals surface area contributed by atoms with Crippen molar-refractivity contribution in [1.29, 1.82) is 0 Å². The van der Waals surface area contributed by atoms with Crippen LogP contribution in [0.2, 0.25) is 0 Å². The highest BCUT2D eigenvalue weighted by Crippen LogP contribution is 2.24. The third kappa shape index (κ3) is 2.19. The molecule has 5 nitrogen and oxygen atoms in total. The summed E-state index contributed by atoms with van der Waals surface area (Å²) in [5.74, 6) is -0.903. The van der Waals surface area contributed by atoms with E-state index in [0.29, 0.717) is 26.2 Å². The number of hydrogen-bond donors (Lipinski definition) is 1. The number of carboxylic acids is 1. The number of hydrogen-bond acceptors (Lipinski definition) is 3. The molecule has 0 bridgehead atoms. The van der Waals surface area contributed by atoms with E-state index in [2.05, 4.69) is 0 Å². The van der Waals surface area contributed by atoms with E-state index in [9.17, 15) is 9.59 Å². The lowest BCUT2D eigenvalue weighted by molar-refractivity contribution is -0.151. The second-order valence-corrected chi connectivity index (χ2v) is 4.41. The van der Waals surface area contributed by atoms with Crippen LogP contribution >= 0.6 is 0 Å². The smallest absolute Gasteiger partial charge is 0.326 e. The van der Waals surface area contributed by atoms with Gasteiger partial charge in [0.1, 0.15) is 6.04 Å². The van der Waals surface area contributed by atoms with E-state index in [-0.39, 0.29) is 11.8 Å². The number of carbonyl (C=O) groups is 2. The highest BCUT2D eigenvalue weighted by Gasteiger charge is 2.37. The number of carbonyl (C=O) groups excluding carboxylic acids is 1. The lowest BCUT2D eigenvalue weighted by Gasteiger charge is -2.28. The van der Waals surface area contributed by atoms with E-state index < -0.39 is 12.0 Å². The Morgan fingerprint density at radius 1 is 1.19 bits per heavy atom. The predicted octanol–water partition coefficient (Wildman–Crippen LogP) is 0.489. The zero-order valence-electron chi connectivity index (χ0n) is 9.22. The standard InChI is InChI=1S/C11H17NO4/c13-10(8-3-6-16-7-4-8)12-5-1-2-9(12)11(14)15/h8-9H,1-7H2,(H,14,15). The average molecular weight is 227 g/mol. The molecule has 0 aliphatic carbocycles. The molecule has 0 radical (unpaired) electrons. The van der Waals surface area contributed by atoms with Crippen molar-refractivity contribution in [3.63, 3.8) is 0 Å². The van der Waals surface area contributed by atoms with Crippen LogP contribution in [0.15, 0.2) is 0 Å². The van der Waals surface area contributed by atoms with Crippen LogP contribution in [0.5, 0.6) is 0 Å². The summed E-state index contributed by atoms with van der Waals surface area (Å²) < 4.78 is 5.20. The van der Waals surface area contributed by atoms with Crippen molar-refractivity contribution in [3.8, 4) is 0 Å². The van der Waals surface area contributed by atoms with Gasteiger partial charge in [0.2, 0.25) is 5.91 Å². The van der Waals surface area contributed by atoms with E-state index in [1.807, 2.05) is 0 Å². The van der Waals surface area contributed by atoms with Gasteiger partial charge in [-0.2, -0.15) is 0 Å². The lowest BCUT2D eigenvalue weighted by atomic mass is 9.98. The van der Waals surface area contributed by atoms with Crippen LogP contribution in [0.4, 0.5) is 0 Å². The maximum absolute atomic E-state index is 12.1. The van der Waals surface area contributed by atoms with Crippen molar-refractivity contribution >= 4 is 11.9 Å². The molecule has 2 heterocycles. The third-order valence-corrected chi connectivity index (χ3v) is 3.39. The summed E-state index contributed by atoms with van der Waals surface area (Å²) in [6, 6.07) is -0.602. The van der Waals surface area contributed by atoms with Crippen LogP contribution < -0.4 is 0 Å². The third-order valence-electron chi connectivity index (χ3n) is 3.39. The minimum absolute atomic E-state index is 0.00759. The maximum Gasteiger partial charge on any atom is 0.326 e. The first-order valence-electron chi connectivity index (χ1n) is 5.81. The fourth-order valence-electron chi connectivity index (χ4n) is 2.47. The Labute approximate surface area is 94.4 Å². The zero-order chi connectivity index (χ0) is 11.5. The van der Waals surface area contributed by atoms with E-state index in [0.717, 1.165) is 19.3 Å². The molecule has 2 aliphatic heterocycles. The SMILES string of the molecule is O=C(O)C1CCCN1C(=O)C1CCOCC1. The van der Waals surface area contributed by atoms with Crippen molar-refractivity contribution in [1.82, 2.24) is 4.90 Å². The van der Waals surface area contributed by atoms with E-state index in [1.165, 1.54) is 0 Å². The van der Waals surface area contributed by atoms with Crippen LogP contribution in [0.25, 0.3) is 0 Å². The topological polar surface area (TPSA) is 66.8 Å². The van der Waals surface area contributed by atoms with Crippen LogP contribution in [0.3, 0.4) is 0 Å². The summed E-state index contributed by atoms with van der Waals surface area (Å²) in [5, 5.41) is 9.01. The number of aliphatic carboxylic acids is 1. The van der Waals surface area contributed by atoms with Gasteiger partial charge in [0.25, 0.3) is 0 Å². The van der Waals surface area contributed by atoms with E-state index in [1.54, 1.807) is 4.90 Å². The molecule has 1 atom stereocenters. The molecule has 90 valence electrons. The average Bonchev–Trinajstić information content (AvgIpc) is 2.78. The van der Waals surface area contributed by atoms with Crippen LogP contribution in [0.1, 0.15) is 25.7 Å².